The maximum atomic E-state index is 11.8. The van der Waals surface area contributed by atoms with Gasteiger partial charge in [0, 0.05) is 12.2 Å². The average molecular weight is 309 g/mol. The van der Waals surface area contributed by atoms with Crippen molar-refractivity contribution >= 4 is 29.3 Å². The third-order valence-electron chi connectivity index (χ3n) is 2.85. The standard InChI is InChI=1S/C15H23N3O2S/c1-11-4-6-13(7-5-11)18-14(19)10-21-12(2)15(20)17-9-3-8-16/h4-7,12H,3,8-10,16H2,1-2H3,(H,17,20)(H,18,19). The van der Waals surface area contributed by atoms with E-state index < -0.39 is 0 Å². The lowest BCUT2D eigenvalue weighted by Crippen LogP contribution is -2.33. The van der Waals surface area contributed by atoms with Crippen molar-refractivity contribution in [3.8, 4) is 0 Å². The summed E-state index contributed by atoms with van der Waals surface area (Å²) in [6.45, 7) is 4.92. The van der Waals surface area contributed by atoms with Gasteiger partial charge >= 0.3 is 0 Å². The number of nitrogens with one attached hydrogen (secondary N) is 2. The molecule has 0 aliphatic carbocycles. The van der Waals surface area contributed by atoms with Crippen LogP contribution < -0.4 is 16.4 Å². The van der Waals surface area contributed by atoms with Gasteiger partial charge in [-0.05, 0) is 38.9 Å². The van der Waals surface area contributed by atoms with Crippen molar-refractivity contribution in [2.24, 2.45) is 5.73 Å². The summed E-state index contributed by atoms with van der Waals surface area (Å²) < 4.78 is 0. The van der Waals surface area contributed by atoms with Gasteiger partial charge in [-0.15, -0.1) is 11.8 Å². The second kappa shape index (κ2) is 9.41. The van der Waals surface area contributed by atoms with Crippen LogP contribution in [0.15, 0.2) is 24.3 Å². The molecule has 1 atom stereocenters. The van der Waals surface area contributed by atoms with Crippen LogP contribution in [-0.4, -0.2) is 35.9 Å². The van der Waals surface area contributed by atoms with E-state index >= 15 is 0 Å². The van der Waals surface area contributed by atoms with Crippen LogP contribution in [0, 0.1) is 6.92 Å². The number of nitrogens with two attached hydrogens (primary N) is 1. The summed E-state index contributed by atoms with van der Waals surface area (Å²) in [7, 11) is 0. The zero-order valence-electron chi connectivity index (χ0n) is 12.5. The van der Waals surface area contributed by atoms with E-state index in [1.807, 2.05) is 31.2 Å². The lowest BCUT2D eigenvalue weighted by Gasteiger charge is -2.12. The highest BCUT2D eigenvalue weighted by Crippen LogP contribution is 2.13. The highest BCUT2D eigenvalue weighted by molar-refractivity contribution is 8.01. The number of thioether (sulfide) groups is 1. The van der Waals surface area contributed by atoms with Gasteiger partial charge in [-0.1, -0.05) is 17.7 Å². The number of hydrogen-bond acceptors (Lipinski definition) is 4. The first-order valence-electron chi connectivity index (χ1n) is 6.99. The highest BCUT2D eigenvalue weighted by atomic mass is 32.2. The van der Waals surface area contributed by atoms with Crippen LogP contribution in [0.3, 0.4) is 0 Å². The number of carbonyl (C=O) groups is 2. The van der Waals surface area contributed by atoms with Gasteiger partial charge in [-0.3, -0.25) is 9.59 Å². The maximum Gasteiger partial charge on any atom is 0.234 e. The Kier molecular flexibility index (Phi) is 7.85. The average Bonchev–Trinajstić information content (AvgIpc) is 2.47. The third-order valence-corrected chi connectivity index (χ3v) is 3.99. The number of carbonyl (C=O) groups excluding carboxylic acids is 2. The number of benzene rings is 1. The topological polar surface area (TPSA) is 84.2 Å². The van der Waals surface area contributed by atoms with Crippen LogP contribution in [0.2, 0.25) is 0 Å². The van der Waals surface area contributed by atoms with Gasteiger partial charge in [-0.25, -0.2) is 0 Å². The molecule has 0 radical (unpaired) electrons. The van der Waals surface area contributed by atoms with E-state index in [2.05, 4.69) is 10.6 Å². The molecular formula is C15H23N3O2S. The van der Waals surface area contributed by atoms with E-state index in [1.165, 1.54) is 11.8 Å². The molecule has 21 heavy (non-hydrogen) atoms. The van der Waals surface area contributed by atoms with Crippen molar-refractivity contribution in [3.63, 3.8) is 0 Å². The molecule has 0 fully saturated rings. The molecule has 1 aromatic rings. The fourth-order valence-electron chi connectivity index (χ4n) is 1.57. The molecule has 0 aliphatic heterocycles. The number of rotatable bonds is 8. The second-order valence-corrected chi connectivity index (χ2v) is 6.13. The zero-order valence-corrected chi connectivity index (χ0v) is 13.3. The Labute approximate surface area is 130 Å². The van der Waals surface area contributed by atoms with Gasteiger partial charge in [0.15, 0.2) is 0 Å². The molecule has 0 saturated heterocycles. The first-order chi connectivity index (χ1) is 10.0. The summed E-state index contributed by atoms with van der Waals surface area (Å²) in [5, 5.41) is 5.34. The highest BCUT2D eigenvalue weighted by Gasteiger charge is 2.14. The summed E-state index contributed by atoms with van der Waals surface area (Å²) in [6, 6.07) is 7.61. The fourth-order valence-corrected chi connectivity index (χ4v) is 2.28. The molecule has 0 heterocycles. The van der Waals surface area contributed by atoms with Gasteiger partial charge in [0.2, 0.25) is 11.8 Å². The maximum absolute atomic E-state index is 11.8. The quantitative estimate of drug-likeness (QED) is 0.636. The fraction of sp³-hybridized carbons (Fsp3) is 0.467. The van der Waals surface area contributed by atoms with E-state index in [9.17, 15) is 9.59 Å². The minimum Gasteiger partial charge on any atom is -0.355 e. The van der Waals surface area contributed by atoms with Crippen LogP contribution in [0.25, 0.3) is 0 Å². The van der Waals surface area contributed by atoms with E-state index in [4.69, 9.17) is 5.73 Å². The summed E-state index contributed by atoms with van der Waals surface area (Å²) in [6.07, 6.45) is 0.761. The third kappa shape index (κ3) is 7.15. The molecule has 6 heteroatoms. The SMILES string of the molecule is Cc1ccc(NC(=O)CSC(C)C(=O)NCCCN)cc1. The summed E-state index contributed by atoms with van der Waals surface area (Å²) in [5.74, 6) is 0.0846. The molecule has 5 nitrogen and oxygen atoms in total. The summed E-state index contributed by atoms with van der Waals surface area (Å²) in [5.41, 5.74) is 7.28. The van der Waals surface area contributed by atoms with Crippen LogP contribution >= 0.6 is 11.8 Å². The van der Waals surface area contributed by atoms with Crippen LogP contribution in [0.1, 0.15) is 18.9 Å². The molecule has 116 valence electrons. The second-order valence-electron chi connectivity index (χ2n) is 4.80. The first-order valence-corrected chi connectivity index (χ1v) is 8.03. The minimum absolute atomic E-state index is 0.0587. The van der Waals surface area contributed by atoms with Crippen molar-refractivity contribution in [3.05, 3.63) is 29.8 Å². The van der Waals surface area contributed by atoms with E-state index in [-0.39, 0.29) is 22.8 Å². The summed E-state index contributed by atoms with van der Waals surface area (Å²) >= 11 is 1.32. The largest absolute Gasteiger partial charge is 0.355 e. The van der Waals surface area contributed by atoms with Crippen molar-refractivity contribution in [1.29, 1.82) is 0 Å². The van der Waals surface area contributed by atoms with E-state index in [0.29, 0.717) is 13.1 Å². The number of anilines is 1. The molecule has 0 aromatic heterocycles. The van der Waals surface area contributed by atoms with Gasteiger partial charge in [0.1, 0.15) is 0 Å². The van der Waals surface area contributed by atoms with Crippen LogP contribution in [0.4, 0.5) is 5.69 Å². The molecule has 0 aliphatic rings. The van der Waals surface area contributed by atoms with Gasteiger partial charge in [0.25, 0.3) is 0 Å². The van der Waals surface area contributed by atoms with Gasteiger partial charge < -0.3 is 16.4 Å². The molecule has 0 bridgehead atoms. The number of aryl methyl sites for hydroxylation is 1. The van der Waals surface area contributed by atoms with E-state index in [0.717, 1.165) is 17.7 Å². The molecule has 1 rings (SSSR count). The Balaban J connectivity index is 2.28. The van der Waals surface area contributed by atoms with E-state index in [1.54, 1.807) is 6.92 Å². The number of amides is 2. The predicted molar refractivity (Wildman–Crippen MR) is 88.4 cm³/mol. The molecule has 1 unspecified atom stereocenters. The molecular weight excluding hydrogens is 286 g/mol. The Hall–Kier alpha value is -1.53. The predicted octanol–water partition coefficient (Wildman–Crippen LogP) is 1.52. The Morgan fingerprint density at radius 3 is 2.57 bits per heavy atom. The Morgan fingerprint density at radius 1 is 1.29 bits per heavy atom. The molecule has 4 N–H and O–H groups in total. The lowest BCUT2D eigenvalue weighted by atomic mass is 10.2. The van der Waals surface area contributed by atoms with Crippen LogP contribution in [-0.2, 0) is 9.59 Å². The van der Waals surface area contributed by atoms with Crippen molar-refractivity contribution in [2.75, 3.05) is 24.2 Å². The smallest absolute Gasteiger partial charge is 0.234 e. The van der Waals surface area contributed by atoms with Crippen molar-refractivity contribution in [1.82, 2.24) is 5.32 Å². The lowest BCUT2D eigenvalue weighted by molar-refractivity contribution is -0.120. The van der Waals surface area contributed by atoms with Gasteiger partial charge in [0.05, 0.1) is 11.0 Å². The summed E-state index contributed by atoms with van der Waals surface area (Å²) in [4.78, 5) is 23.5. The minimum atomic E-state index is -0.258. The zero-order chi connectivity index (χ0) is 15.7. The van der Waals surface area contributed by atoms with Gasteiger partial charge in [-0.2, -0.15) is 0 Å². The molecule has 0 saturated carbocycles. The normalized spacial score (nSPS) is 11.8. The number of hydrogen-bond donors (Lipinski definition) is 3. The van der Waals surface area contributed by atoms with Crippen molar-refractivity contribution in [2.45, 2.75) is 25.5 Å². The first kappa shape index (κ1) is 17.5. The molecule has 0 spiro atoms. The monoisotopic (exact) mass is 309 g/mol. The Morgan fingerprint density at radius 2 is 1.95 bits per heavy atom. The molecule has 1 aromatic carbocycles. The van der Waals surface area contributed by atoms with Crippen LogP contribution in [0.5, 0.6) is 0 Å². The van der Waals surface area contributed by atoms with Crippen molar-refractivity contribution < 1.29 is 9.59 Å². The molecule has 2 amide bonds. The Bertz CT molecular complexity index is 462.